The summed E-state index contributed by atoms with van der Waals surface area (Å²) in [6.45, 7) is 10.4. The molecule has 0 aromatic heterocycles. The molecule has 19 heavy (non-hydrogen) atoms. The summed E-state index contributed by atoms with van der Waals surface area (Å²) in [6, 6.07) is 6.81. The van der Waals surface area contributed by atoms with Crippen molar-refractivity contribution in [2.45, 2.75) is 19.4 Å². The van der Waals surface area contributed by atoms with Gasteiger partial charge in [-0.1, -0.05) is 12.1 Å². The lowest BCUT2D eigenvalue weighted by Crippen LogP contribution is -2.45. The van der Waals surface area contributed by atoms with E-state index in [-0.39, 0.29) is 0 Å². The maximum absolute atomic E-state index is 5.29. The molecule has 0 amide bonds. The number of methoxy groups -OCH3 is 1. The van der Waals surface area contributed by atoms with E-state index >= 15 is 0 Å². The number of rotatable bonds is 5. The molecule has 0 saturated carbocycles. The van der Waals surface area contributed by atoms with Crippen molar-refractivity contribution < 1.29 is 4.74 Å². The van der Waals surface area contributed by atoms with Crippen molar-refractivity contribution in [3.8, 4) is 5.75 Å². The van der Waals surface area contributed by atoms with Crippen molar-refractivity contribution in [3.05, 3.63) is 42.0 Å². The molecule has 1 atom stereocenters. The van der Waals surface area contributed by atoms with Crippen molar-refractivity contribution in [2.75, 3.05) is 33.3 Å². The second kappa shape index (κ2) is 6.73. The summed E-state index contributed by atoms with van der Waals surface area (Å²) >= 11 is 0. The van der Waals surface area contributed by atoms with Gasteiger partial charge in [-0.2, -0.15) is 0 Å². The highest BCUT2D eigenvalue weighted by Gasteiger charge is 2.22. The molecule has 1 aliphatic heterocycles. The van der Waals surface area contributed by atoms with Gasteiger partial charge in [0, 0.05) is 32.2 Å². The minimum atomic E-state index is 0.436. The van der Waals surface area contributed by atoms with Crippen molar-refractivity contribution in [1.82, 2.24) is 10.2 Å². The Labute approximate surface area is 116 Å². The van der Waals surface area contributed by atoms with Crippen molar-refractivity contribution in [3.63, 3.8) is 0 Å². The zero-order valence-corrected chi connectivity index (χ0v) is 12.0. The van der Waals surface area contributed by atoms with Crippen LogP contribution >= 0.6 is 0 Å². The molecule has 1 heterocycles. The molecular weight excluding hydrogens is 236 g/mol. The molecule has 1 aromatic carbocycles. The molecule has 0 aliphatic carbocycles. The minimum absolute atomic E-state index is 0.436. The smallest absolute Gasteiger partial charge is 0.119 e. The lowest BCUT2D eigenvalue weighted by Gasteiger charge is -2.35. The van der Waals surface area contributed by atoms with Crippen LogP contribution < -0.4 is 10.1 Å². The largest absolute Gasteiger partial charge is 0.497 e. The Morgan fingerprint density at radius 2 is 2.16 bits per heavy atom. The van der Waals surface area contributed by atoms with E-state index in [4.69, 9.17) is 4.74 Å². The van der Waals surface area contributed by atoms with Gasteiger partial charge in [-0.15, -0.1) is 6.58 Å². The maximum atomic E-state index is 5.29. The predicted octanol–water partition coefficient (Wildman–Crippen LogP) is 2.53. The number of nitrogens with zero attached hydrogens (tertiary/aromatic N) is 1. The molecule has 0 bridgehead atoms. The first-order valence-corrected chi connectivity index (χ1v) is 6.96. The fourth-order valence-corrected chi connectivity index (χ4v) is 2.77. The van der Waals surface area contributed by atoms with Crippen LogP contribution in [-0.2, 0) is 0 Å². The molecule has 0 spiro atoms. The van der Waals surface area contributed by atoms with Crippen LogP contribution in [-0.4, -0.2) is 38.2 Å². The number of hydrogen-bond donors (Lipinski definition) is 1. The van der Waals surface area contributed by atoms with E-state index in [1.165, 1.54) is 11.1 Å². The second-order valence-corrected chi connectivity index (χ2v) is 5.05. The lowest BCUT2D eigenvalue weighted by molar-refractivity contribution is 0.174. The molecule has 1 fully saturated rings. The topological polar surface area (TPSA) is 24.5 Å². The van der Waals surface area contributed by atoms with Crippen LogP contribution in [0.15, 0.2) is 30.9 Å². The van der Waals surface area contributed by atoms with Crippen LogP contribution in [0.5, 0.6) is 5.75 Å². The number of aryl methyl sites for hydroxylation is 1. The van der Waals surface area contributed by atoms with Gasteiger partial charge in [0.25, 0.3) is 0 Å². The normalized spacial score (nSPS) is 18.0. The summed E-state index contributed by atoms with van der Waals surface area (Å²) in [5, 5.41) is 3.41. The predicted molar refractivity (Wildman–Crippen MR) is 79.7 cm³/mol. The molecule has 0 radical (unpaired) electrons. The van der Waals surface area contributed by atoms with Gasteiger partial charge in [0.15, 0.2) is 0 Å². The van der Waals surface area contributed by atoms with Crippen molar-refractivity contribution in [2.24, 2.45) is 0 Å². The first kappa shape index (κ1) is 14.1. The third-order valence-electron chi connectivity index (χ3n) is 3.82. The van der Waals surface area contributed by atoms with E-state index in [2.05, 4.69) is 41.9 Å². The molecule has 2 rings (SSSR count). The van der Waals surface area contributed by atoms with E-state index in [0.29, 0.717) is 6.04 Å². The Morgan fingerprint density at radius 1 is 1.42 bits per heavy atom. The van der Waals surface area contributed by atoms with Crippen LogP contribution in [0.3, 0.4) is 0 Å². The maximum Gasteiger partial charge on any atom is 0.119 e. The quantitative estimate of drug-likeness (QED) is 0.823. The Morgan fingerprint density at radius 3 is 2.74 bits per heavy atom. The van der Waals surface area contributed by atoms with Gasteiger partial charge < -0.3 is 10.1 Å². The van der Waals surface area contributed by atoms with Crippen molar-refractivity contribution in [1.29, 1.82) is 0 Å². The van der Waals surface area contributed by atoms with E-state index < -0.39 is 0 Å². The fraction of sp³-hybridized carbons (Fsp3) is 0.500. The highest BCUT2D eigenvalue weighted by atomic mass is 16.5. The van der Waals surface area contributed by atoms with Gasteiger partial charge in [-0.25, -0.2) is 0 Å². The Kier molecular flexibility index (Phi) is 5.00. The number of ether oxygens (including phenoxy) is 1. The lowest BCUT2D eigenvalue weighted by atomic mass is 9.96. The minimum Gasteiger partial charge on any atom is -0.497 e. The Balaban J connectivity index is 2.24. The van der Waals surface area contributed by atoms with Gasteiger partial charge in [0.1, 0.15) is 5.75 Å². The first-order chi connectivity index (χ1) is 9.26. The molecule has 1 aromatic rings. The summed E-state index contributed by atoms with van der Waals surface area (Å²) in [5.41, 5.74) is 2.69. The number of benzene rings is 1. The van der Waals surface area contributed by atoms with Crippen LogP contribution in [0, 0.1) is 6.92 Å². The molecule has 1 N–H and O–H groups in total. The monoisotopic (exact) mass is 260 g/mol. The van der Waals surface area contributed by atoms with Crippen LogP contribution in [0.2, 0.25) is 0 Å². The highest BCUT2D eigenvalue weighted by molar-refractivity contribution is 5.37. The van der Waals surface area contributed by atoms with Gasteiger partial charge in [0.2, 0.25) is 0 Å². The molecule has 104 valence electrons. The first-order valence-electron chi connectivity index (χ1n) is 6.96. The zero-order valence-electron chi connectivity index (χ0n) is 12.0. The average Bonchev–Trinajstić information content (AvgIpc) is 2.46. The average molecular weight is 260 g/mol. The van der Waals surface area contributed by atoms with Crippen LogP contribution in [0.1, 0.15) is 23.6 Å². The van der Waals surface area contributed by atoms with E-state index in [1.54, 1.807) is 7.11 Å². The van der Waals surface area contributed by atoms with Gasteiger partial charge in [-0.3, -0.25) is 4.90 Å². The standard InChI is InChI=1S/C16H24N2O/c1-4-5-16(18-10-8-17-9-11-18)15-7-6-14(19-3)12-13(15)2/h4,6-7,12,16-17H,1,5,8-11H2,2-3H3/t16-/m0/s1. The molecule has 1 saturated heterocycles. The Bertz CT molecular complexity index is 425. The summed E-state index contributed by atoms with van der Waals surface area (Å²) in [7, 11) is 1.71. The molecule has 3 heteroatoms. The van der Waals surface area contributed by atoms with Gasteiger partial charge in [0.05, 0.1) is 7.11 Å². The van der Waals surface area contributed by atoms with E-state index in [1.807, 2.05) is 6.08 Å². The zero-order chi connectivity index (χ0) is 13.7. The summed E-state index contributed by atoms with van der Waals surface area (Å²) in [5.74, 6) is 0.930. The molecular formula is C16H24N2O. The Hall–Kier alpha value is -1.32. The SMILES string of the molecule is C=CC[C@@H](c1ccc(OC)cc1C)N1CCNCC1. The second-order valence-electron chi connectivity index (χ2n) is 5.05. The van der Waals surface area contributed by atoms with Crippen molar-refractivity contribution >= 4 is 0 Å². The highest BCUT2D eigenvalue weighted by Crippen LogP contribution is 2.29. The number of nitrogens with one attached hydrogen (secondary N) is 1. The third kappa shape index (κ3) is 3.37. The van der Waals surface area contributed by atoms with Gasteiger partial charge in [-0.05, 0) is 36.6 Å². The molecule has 1 aliphatic rings. The van der Waals surface area contributed by atoms with Crippen LogP contribution in [0.25, 0.3) is 0 Å². The fourth-order valence-electron chi connectivity index (χ4n) is 2.77. The summed E-state index contributed by atoms with van der Waals surface area (Å²) in [6.07, 6.45) is 3.02. The molecule has 0 unspecified atom stereocenters. The van der Waals surface area contributed by atoms with Crippen LogP contribution in [0.4, 0.5) is 0 Å². The summed E-state index contributed by atoms with van der Waals surface area (Å²) < 4.78 is 5.29. The number of piperazine rings is 1. The van der Waals surface area contributed by atoms with E-state index in [9.17, 15) is 0 Å². The van der Waals surface area contributed by atoms with Gasteiger partial charge >= 0.3 is 0 Å². The molecule has 3 nitrogen and oxygen atoms in total. The third-order valence-corrected chi connectivity index (χ3v) is 3.82. The summed E-state index contributed by atoms with van der Waals surface area (Å²) in [4.78, 5) is 2.55. The number of hydrogen-bond acceptors (Lipinski definition) is 3. The van der Waals surface area contributed by atoms with E-state index in [0.717, 1.165) is 38.3 Å².